The molecule has 1 aliphatic rings. The smallest absolute Gasteiger partial charge is 0.196 e. The average molecular weight is 245 g/mol. The minimum absolute atomic E-state index is 0.0110. The molecular weight excluding hydrogens is 230 g/mol. The Kier molecular flexibility index (Phi) is 3.30. The molecule has 0 radical (unpaired) electrons. The van der Waals surface area contributed by atoms with Crippen LogP contribution in [0.1, 0.15) is 30.3 Å². The number of rotatable bonds is 3. The van der Waals surface area contributed by atoms with Gasteiger partial charge in [0.15, 0.2) is 15.7 Å². The fraction of sp³-hybridized carbons (Fsp3) is 0.700. The molecule has 2 heterocycles. The number of aromatic nitrogens is 1. The van der Waals surface area contributed by atoms with Crippen molar-refractivity contribution in [2.45, 2.75) is 25.2 Å². The molecular formula is C10H15NO4S. The second-order valence-electron chi connectivity index (χ2n) is 4.09. The van der Waals surface area contributed by atoms with Crippen molar-refractivity contribution in [2.75, 3.05) is 18.1 Å². The molecule has 2 rings (SSSR count). The van der Waals surface area contributed by atoms with Crippen molar-refractivity contribution < 1.29 is 17.9 Å². The van der Waals surface area contributed by atoms with E-state index in [4.69, 9.17) is 9.52 Å². The zero-order valence-electron chi connectivity index (χ0n) is 8.92. The van der Waals surface area contributed by atoms with E-state index >= 15 is 0 Å². The molecule has 1 atom stereocenters. The number of hydrogen-bond acceptors (Lipinski definition) is 5. The van der Waals surface area contributed by atoms with Crippen molar-refractivity contribution in [2.24, 2.45) is 0 Å². The van der Waals surface area contributed by atoms with E-state index in [0.29, 0.717) is 24.4 Å². The van der Waals surface area contributed by atoms with E-state index in [1.807, 2.05) is 0 Å². The van der Waals surface area contributed by atoms with Crippen LogP contribution in [0.4, 0.5) is 0 Å². The number of hydrogen-bond donors (Lipinski definition) is 1. The summed E-state index contributed by atoms with van der Waals surface area (Å²) in [4.78, 5) is 4.20. The predicted molar refractivity (Wildman–Crippen MR) is 57.9 cm³/mol. The molecule has 5 nitrogen and oxygen atoms in total. The molecule has 0 aromatic carbocycles. The number of aliphatic hydroxyl groups excluding tert-OH is 1. The van der Waals surface area contributed by atoms with Gasteiger partial charge in [0.1, 0.15) is 6.26 Å². The van der Waals surface area contributed by atoms with Gasteiger partial charge in [-0.15, -0.1) is 0 Å². The van der Waals surface area contributed by atoms with Gasteiger partial charge >= 0.3 is 0 Å². The fourth-order valence-corrected chi connectivity index (χ4v) is 3.70. The molecule has 1 aromatic rings. The standard InChI is InChI=1S/C10H15NO4S/c12-4-3-10-11-9(6-15-10)8-2-1-5-16(13,14)7-8/h6,8,12H,1-5,7H2. The summed E-state index contributed by atoms with van der Waals surface area (Å²) >= 11 is 0. The number of nitrogens with zero attached hydrogens (tertiary/aromatic N) is 1. The molecule has 1 aromatic heterocycles. The largest absolute Gasteiger partial charge is 0.449 e. The highest BCUT2D eigenvalue weighted by Gasteiger charge is 2.27. The van der Waals surface area contributed by atoms with Crippen molar-refractivity contribution in [1.82, 2.24) is 4.98 Å². The fourth-order valence-electron chi connectivity index (χ4n) is 1.98. The van der Waals surface area contributed by atoms with E-state index in [-0.39, 0.29) is 24.0 Å². The van der Waals surface area contributed by atoms with E-state index in [2.05, 4.69) is 4.98 Å². The maximum absolute atomic E-state index is 11.5. The highest BCUT2D eigenvalue weighted by molar-refractivity contribution is 7.91. The van der Waals surface area contributed by atoms with Gasteiger partial charge in [-0.3, -0.25) is 0 Å². The van der Waals surface area contributed by atoms with Gasteiger partial charge in [0.2, 0.25) is 0 Å². The number of oxazole rings is 1. The Morgan fingerprint density at radius 3 is 3.06 bits per heavy atom. The molecule has 1 unspecified atom stereocenters. The van der Waals surface area contributed by atoms with E-state index in [1.165, 1.54) is 6.26 Å². The summed E-state index contributed by atoms with van der Waals surface area (Å²) in [6.07, 6.45) is 3.41. The molecule has 6 heteroatoms. The molecule has 0 amide bonds. The lowest BCUT2D eigenvalue weighted by atomic mass is 10.0. The van der Waals surface area contributed by atoms with Crippen LogP contribution in [-0.2, 0) is 16.3 Å². The molecule has 0 spiro atoms. The lowest BCUT2D eigenvalue weighted by molar-refractivity contribution is 0.285. The van der Waals surface area contributed by atoms with Crippen molar-refractivity contribution in [3.05, 3.63) is 17.8 Å². The molecule has 90 valence electrons. The van der Waals surface area contributed by atoms with Crippen molar-refractivity contribution >= 4 is 9.84 Å². The Balaban J connectivity index is 2.11. The highest BCUT2D eigenvalue weighted by Crippen LogP contribution is 2.27. The monoisotopic (exact) mass is 245 g/mol. The van der Waals surface area contributed by atoms with Crippen LogP contribution in [-0.4, -0.2) is 36.6 Å². The first-order chi connectivity index (χ1) is 7.61. The van der Waals surface area contributed by atoms with E-state index < -0.39 is 9.84 Å². The van der Waals surface area contributed by atoms with Crippen LogP contribution >= 0.6 is 0 Å². The van der Waals surface area contributed by atoms with Crippen LogP contribution in [0.3, 0.4) is 0 Å². The quantitative estimate of drug-likeness (QED) is 0.838. The highest BCUT2D eigenvalue weighted by atomic mass is 32.2. The summed E-state index contributed by atoms with van der Waals surface area (Å²) in [5, 5.41) is 8.73. The maximum atomic E-state index is 11.5. The average Bonchev–Trinajstić information content (AvgIpc) is 2.65. The van der Waals surface area contributed by atoms with Crippen LogP contribution in [0.5, 0.6) is 0 Å². The summed E-state index contributed by atoms with van der Waals surface area (Å²) < 4.78 is 28.1. The summed E-state index contributed by atoms with van der Waals surface area (Å²) in [5.74, 6) is 0.874. The summed E-state index contributed by atoms with van der Waals surface area (Å²) in [6.45, 7) is -0.0110. The first-order valence-corrected chi connectivity index (χ1v) is 7.18. The van der Waals surface area contributed by atoms with Crippen molar-refractivity contribution in [3.8, 4) is 0 Å². The van der Waals surface area contributed by atoms with Gasteiger partial charge < -0.3 is 9.52 Å². The third-order valence-electron chi connectivity index (χ3n) is 2.78. The van der Waals surface area contributed by atoms with Gasteiger partial charge in [-0.2, -0.15) is 0 Å². The normalized spacial score (nSPS) is 24.4. The topological polar surface area (TPSA) is 80.4 Å². The lowest BCUT2D eigenvalue weighted by Crippen LogP contribution is -2.23. The second kappa shape index (κ2) is 4.55. The summed E-state index contributed by atoms with van der Waals surface area (Å²) in [7, 11) is -2.91. The first-order valence-electron chi connectivity index (χ1n) is 5.36. The van der Waals surface area contributed by atoms with E-state index in [1.54, 1.807) is 0 Å². The Labute approximate surface area is 94.4 Å². The number of aliphatic hydroxyl groups is 1. The van der Waals surface area contributed by atoms with E-state index in [9.17, 15) is 8.42 Å². The third kappa shape index (κ3) is 2.62. The van der Waals surface area contributed by atoms with Crippen LogP contribution in [0.15, 0.2) is 10.7 Å². The Morgan fingerprint density at radius 1 is 1.56 bits per heavy atom. The third-order valence-corrected chi connectivity index (χ3v) is 4.60. The molecule has 0 saturated carbocycles. The summed E-state index contributed by atoms with van der Waals surface area (Å²) in [6, 6.07) is 0. The summed E-state index contributed by atoms with van der Waals surface area (Å²) in [5.41, 5.74) is 0.701. The van der Waals surface area contributed by atoms with Crippen LogP contribution in [0, 0.1) is 0 Å². The van der Waals surface area contributed by atoms with Gasteiger partial charge in [-0.25, -0.2) is 13.4 Å². The minimum atomic E-state index is -2.91. The van der Waals surface area contributed by atoms with Gasteiger partial charge in [0, 0.05) is 12.3 Å². The number of sulfone groups is 1. The maximum Gasteiger partial charge on any atom is 0.196 e. The Hall–Kier alpha value is -0.880. The predicted octanol–water partition coefficient (Wildman–Crippen LogP) is 0.502. The lowest BCUT2D eigenvalue weighted by Gasteiger charge is -2.19. The molecule has 1 aliphatic heterocycles. The van der Waals surface area contributed by atoms with Gasteiger partial charge in [0.25, 0.3) is 0 Å². The molecule has 0 bridgehead atoms. The van der Waals surface area contributed by atoms with Crippen molar-refractivity contribution in [1.29, 1.82) is 0 Å². The van der Waals surface area contributed by atoms with Crippen LogP contribution in [0.25, 0.3) is 0 Å². The van der Waals surface area contributed by atoms with E-state index in [0.717, 1.165) is 6.42 Å². The molecule has 16 heavy (non-hydrogen) atoms. The molecule has 1 saturated heterocycles. The molecule has 1 N–H and O–H groups in total. The molecule has 1 fully saturated rings. The minimum Gasteiger partial charge on any atom is -0.449 e. The molecule has 0 aliphatic carbocycles. The SMILES string of the molecule is O=S1(=O)CCCC(c2coc(CCO)n2)C1. The first kappa shape index (κ1) is 11.6. The zero-order chi connectivity index (χ0) is 11.6. The Morgan fingerprint density at radius 2 is 2.38 bits per heavy atom. The Bertz CT molecular complexity index is 451. The van der Waals surface area contributed by atoms with Gasteiger partial charge in [-0.1, -0.05) is 0 Å². The van der Waals surface area contributed by atoms with Crippen LogP contribution in [0.2, 0.25) is 0 Å². The van der Waals surface area contributed by atoms with Crippen LogP contribution < -0.4 is 0 Å². The van der Waals surface area contributed by atoms with Gasteiger partial charge in [0.05, 0.1) is 23.8 Å². The van der Waals surface area contributed by atoms with Gasteiger partial charge in [-0.05, 0) is 12.8 Å². The van der Waals surface area contributed by atoms with Crippen molar-refractivity contribution in [3.63, 3.8) is 0 Å². The zero-order valence-corrected chi connectivity index (χ0v) is 9.74. The second-order valence-corrected chi connectivity index (χ2v) is 6.32.